The maximum Gasteiger partial charge on any atom is 0.420 e. The minimum atomic E-state index is -4.75. The number of nitrogens with one attached hydrogen (secondary N) is 1. The maximum absolute atomic E-state index is 13.8. The third kappa shape index (κ3) is 4.83. The number of pyridine rings is 1. The van der Waals surface area contributed by atoms with Crippen molar-refractivity contribution in [2.45, 2.75) is 6.18 Å². The van der Waals surface area contributed by atoms with Gasteiger partial charge in [-0.05, 0) is 50.5 Å². The van der Waals surface area contributed by atoms with E-state index in [1.807, 2.05) is 0 Å². The summed E-state index contributed by atoms with van der Waals surface area (Å²) in [5, 5.41) is 3.21. The molecule has 0 spiro atoms. The zero-order chi connectivity index (χ0) is 21.0. The Morgan fingerprint density at radius 1 is 1.10 bits per heavy atom. The van der Waals surface area contributed by atoms with Crippen molar-refractivity contribution in [2.24, 2.45) is 0 Å². The van der Waals surface area contributed by atoms with Gasteiger partial charge in [-0.25, -0.2) is 0 Å². The van der Waals surface area contributed by atoms with Gasteiger partial charge in [-0.2, -0.15) is 13.2 Å². The summed E-state index contributed by atoms with van der Waals surface area (Å²) in [5.74, 6) is -1.24. The van der Waals surface area contributed by atoms with Gasteiger partial charge in [-0.15, -0.1) is 0 Å². The molecular weight excluding hydrogens is 383 g/mol. The molecule has 29 heavy (non-hydrogen) atoms. The lowest BCUT2D eigenvalue weighted by Gasteiger charge is -2.19. The molecule has 0 aliphatic rings. The fourth-order valence-corrected chi connectivity index (χ4v) is 2.87. The van der Waals surface area contributed by atoms with Crippen molar-refractivity contribution in [3.8, 4) is 5.75 Å². The van der Waals surface area contributed by atoms with Gasteiger partial charge < -0.3 is 15.0 Å². The minimum Gasteiger partial charge on any atom is -0.492 e. The molecule has 1 heterocycles. The summed E-state index contributed by atoms with van der Waals surface area (Å²) in [4.78, 5) is 18.7. The van der Waals surface area contributed by atoms with E-state index >= 15 is 0 Å². The topological polar surface area (TPSA) is 54.5 Å². The lowest BCUT2D eigenvalue weighted by atomic mass is 10.0. The quantitative estimate of drug-likeness (QED) is 0.661. The number of fused-ring (bicyclic) bond motifs is 1. The van der Waals surface area contributed by atoms with Crippen LogP contribution in [0.1, 0.15) is 15.9 Å². The molecule has 1 amide bonds. The van der Waals surface area contributed by atoms with Gasteiger partial charge in [-0.1, -0.05) is 12.1 Å². The van der Waals surface area contributed by atoms with Crippen LogP contribution in [0.4, 0.5) is 18.9 Å². The first-order valence-corrected chi connectivity index (χ1v) is 8.90. The van der Waals surface area contributed by atoms with Crippen LogP contribution in [0.15, 0.2) is 54.7 Å². The van der Waals surface area contributed by atoms with Crippen LogP contribution in [-0.4, -0.2) is 43.0 Å². The Labute approximate surface area is 166 Å². The first-order valence-electron chi connectivity index (χ1n) is 8.90. The average molecular weight is 403 g/mol. The van der Waals surface area contributed by atoms with Gasteiger partial charge in [0.05, 0.1) is 16.8 Å². The Bertz CT molecular complexity index is 1010. The Morgan fingerprint density at radius 2 is 1.86 bits per heavy atom. The number of ether oxygens (including phenoxy) is 1. The Morgan fingerprint density at radius 3 is 2.59 bits per heavy atom. The molecule has 3 aromatic rings. The van der Waals surface area contributed by atoms with Gasteiger partial charge >= 0.3 is 6.18 Å². The molecule has 0 aliphatic heterocycles. The van der Waals surface area contributed by atoms with Crippen LogP contribution in [0, 0.1) is 0 Å². The summed E-state index contributed by atoms with van der Waals surface area (Å²) in [6.07, 6.45) is -3.15. The molecule has 0 saturated heterocycles. The van der Waals surface area contributed by atoms with Crippen molar-refractivity contribution < 1.29 is 22.7 Å². The van der Waals surface area contributed by atoms with E-state index in [-0.39, 0.29) is 12.4 Å². The van der Waals surface area contributed by atoms with Crippen LogP contribution < -0.4 is 10.1 Å². The molecule has 0 radical (unpaired) electrons. The van der Waals surface area contributed by atoms with Crippen molar-refractivity contribution in [3.05, 3.63) is 65.9 Å². The van der Waals surface area contributed by atoms with Crippen LogP contribution in [0.25, 0.3) is 10.9 Å². The fourth-order valence-electron chi connectivity index (χ4n) is 2.87. The molecule has 152 valence electrons. The molecule has 1 N–H and O–H groups in total. The Balaban J connectivity index is 1.95. The summed E-state index contributed by atoms with van der Waals surface area (Å²) in [6, 6.07) is 12.2. The molecule has 8 heteroatoms. The van der Waals surface area contributed by atoms with Crippen LogP contribution in [0.2, 0.25) is 0 Å². The lowest BCUT2D eigenvalue weighted by Crippen LogP contribution is -2.23. The van der Waals surface area contributed by atoms with Crippen molar-refractivity contribution in [3.63, 3.8) is 0 Å². The van der Waals surface area contributed by atoms with E-state index in [1.165, 1.54) is 12.1 Å². The molecule has 5 nitrogen and oxygen atoms in total. The zero-order valence-corrected chi connectivity index (χ0v) is 16.0. The van der Waals surface area contributed by atoms with E-state index in [4.69, 9.17) is 4.74 Å². The maximum atomic E-state index is 13.8. The highest BCUT2D eigenvalue weighted by Crippen LogP contribution is 2.39. The molecule has 3 rings (SSSR count). The van der Waals surface area contributed by atoms with E-state index in [0.29, 0.717) is 23.1 Å². The van der Waals surface area contributed by atoms with Crippen LogP contribution in [-0.2, 0) is 6.18 Å². The number of aromatic nitrogens is 1. The van der Waals surface area contributed by atoms with E-state index in [9.17, 15) is 18.0 Å². The number of nitrogens with zero attached hydrogens (tertiary/aromatic N) is 2. The predicted molar refractivity (Wildman–Crippen MR) is 105 cm³/mol. The highest BCUT2D eigenvalue weighted by Gasteiger charge is 2.39. The van der Waals surface area contributed by atoms with Crippen molar-refractivity contribution in [1.29, 1.82) is 0 Å². The second-order valence-electron chi connectivity index (χ2n) is 6.66. The van der Waals surface area contributed by atoms with Crippen molar-refractivity contribution in [2.75, 3.05) is 32.6 Å². The number of rotatable bonds is 6. The molecule has 1 aromatic heterocycles. The van der Waals surface area contributed by atoms with Crippen molar-refractivity contribution in [1.82, 2.24) is 9.88 Å². The number of carbonyl (C=O) groups is 1. The third-order valence-corrected chi connectivity index (χ3v) is 4.24. The van der Waals surface area contributed by atoms with Gasteiger partial charge in [0.2, 0.25) is 0 Å². The second kappa shape index (κ2) is 8.48. The SMILES string of the molecule is CN(C)CCOc1cccc(C(=O)Nc2cccc3ncccc23)c1C(F)(F)F. The van der Waals surface area contributed by atoms with E-state index < -0.39 is 23.2 Å². The highest BCUT2D eigenvalue weighted by atomic mass is 19.4. The second-order valence-corrected chi connectivity index (χ2v) is 6.66. The summed E-state index contributed by atoms with van der Waals surface area (Å²) in [5.41, 5.74) is -0.579. The first-order chi connectivity index (χ1) is 13.8. The predicted octanol–water partition coefficient (Wildman–Crippen LogP) is 4.45. The fraction of sp³-hybridized carbons (Fsp3) is 0.238. The summed E-state index contributed by atoms with van der Waals surface area (Å²) >= 11 is 0. The number of benzene rings is 2. The molecule has 0 unspecified atom stereocenters. The summed E-state index contributed by atoms with van der Waals surface area (Å²) in [6.45, 7) is 0.507. The normalized spacial score (nSPS) is 11.7. The summed E-state index contributed by atoms with van der Waals surface area (Å²) in [7, 11) is 3.58. The van der Waals surface area contributed by atoms with Crippen LogP contribution in [0.5, 0.6) is 5.75 Å². The third-order valence-electron chi connectivity index (χ3n) is 4.24. The largest absolute Gasteiger partial charge is 0.492 e. The van der Waals surface area contributed by atoms with Crippen LogP contribution >= 0.6 is 0 Å². The average Bonchev–Trinajstić information content (AvgIpc) is 2.67. The molecule has 2 aromatic carbocycles. The van der Waals surface area contributed by atoms with E-state index in [0.717, 1.165) is 6.07 Å². The standard InChI is InChI=1S/C21H20F3N3O2/c1-27(2)12-13-29-18-10-3-6-15(19(18)21(22,23)24)20(28)26-17-9-4-8-16-14(17)7-5-11-25-16/h3-11H,12-13H2,1-2H3,(H,26,28). The lowest BCUT2D eigenvalue weighted by molar-refractivity contribution is -0.139. The van der Waals surface area contributed by atoms with Gasteiger partial charge in [-0.3, -0.25) is 9.78 Å². The molecule has 0 atom stereocenters. The van der Waals surface area contributed by atoms with Gasteiger partial charge in [0.1, 0.15) is 17.9 Å². The molecule has 0 fully saturated rings. The number of hydrogen-bond acceptors (Lipinski definition) is 4. The van der Waals surface area contributed by atoms with Gasteiger partial charge in [0, 0.05) is 18.1 Å². The number of alkyl halides is 3. The Hall–Kier alpha value is -3.13. The van der Waals surface area contributed by atoms with E-state index in [1.54, 1.807) is 55.5 Å². The van der Waals surface area contributed by atoms with Crippen molar-refractivity contribution >= 4 is 22.5 Å². The highest BCUT2D eigenvalue weighted by molar-refractivity contribution is 6.09. The summed E-state index contributed by atoms with van der Waals surface area (Å²) < 4.78 is 46.6. The first kappa shape index (κ1) is 20.6. The molecule has 0 bridgehead atoms. The number of amides is 1. The molecule has 0 aliphatic carbocycles. The molecular formula is C21H20F3N3O2. The monoisotopic (exact) mass is 403 g/mol. The van der Waals surface area contributed by atoms with Crippen LogP contribution in [0.3, 0.4) is 0 Å². The zero-order valence-electron chi connectivity index (χ0n) is 16.0. The number of anilines is 1. The van der Waals surface area contributed by atoms with Gasteiger partial charge in [0.15, 0.2) is 0 Å². The number of hydrogen-bond donors (Lipinski definition) is 1. The smallest absolute Gasteiger partial charge is 0.420 e. The Kier molecular flexibility index (Phi) is 6.03. The number of halogens is 3. The van der Waals surface area contributed by atoms with E-state index in [2.05, 4.69) is 10.3 Å². The minimum absolute atomic E-state index is 0.0656. The van der Waals surface area contributed by atoms with Gasteiger partial charge in [0.25, 0.3) is 5.91 Å². The number of likely N-dealkylation sites (N-methyl/N-ethyl adjacent to an activating group) is 1. The molecule has 0 saturated carbocycles. The number of carbonyl (C=O) groups excluding carboxylic acids is 1.